The van der Waals surface area contributed by atoms with E-state index in [1.54, 1.807) is 60.7 Å². The molecule has 0 aliphatic carbocycles. The van der Waals surface area contributed by atoms with E-state index in [0.717, 1.165) is 4.90 Å². The third kappa shape index (κ3) is 2.62. The van der Waals surface area contributed by atoms with E-state index in [-0.39, 0.29) is 17.7 Å². The summed E-state index contributed by atoms with van der Waals surface area (Å²) in [5.74, 6) is -0.945. The summed E-state index contributed by atoms with van der Waals surface area (Å²) >= 11 is 1.34. The first-order valence-electron chi connectivity index (χ1n) is 7.58. The van der Waals surface area contributed by atoms with Crippen LogP contribution in [0.4, 0.5) is 11.4 Å². The predicted molar refractivity (Wildman–Crippen MR) is 96.3 cm³/mol. The Kier molecular flexibility index (Phi) is 3.66. The molecule has 0 saturated carbocycles. The summed E-state index contributed by atoms with van der Waals surface area (Å²) < 4.78 is 0. The molecule has 4 rings (SSSR count). The second kappa shape index (κ2) is 5.99. The standard InChI is InChI=1S/C19H12N2O3S/c22-17(16-9-4-10-25-16)20-12-5-3-6-13(11-12)21-18(23)14-7-1-2-8-15(14)19(21)24/h1-11H,(H,20,22). The molecule has 0 unspecified atom stereocenters. The number of amides is 3. The van der Waals surface area contributed by atoms with Gasteiger partial charge in [-0.1, -0.05) is 24.3 Å². The number of nitrogens with one attached hydrogen (secondary N) is 1. The van der Waals surface area contributed by atoms with E-state index >= 15 is 0 Å². The summed E-state index contributed by atoms with van der Waals surface area (Å²) in [4.78, 5) is 39.0. The third-order valence-electron chi connectivity index (χ3n) is 3.90. The van der Waals surface area contributed by atoms with E-state index in [2.05, 4.69) is 5.32 Å². The van der Waals surface area contributed by atoms with Crippen molar-refractivity contribution in [3.05, 3.63) is 82.0 Å². The SMILES string of the molecule is O=C(Nc1cccc(N2C(=O)c3ccccc3C2=O)c1)c1cccs1. The van der Waals surface area contributed by atoms with E-state index < -0.39 is 0 Å². The van der Waals surface area contributed by atoms with Crippen molar-refractivity contribution in [2.75, 3.05) is 10.2 Å². The quantitative estimate of drug-likeness (QED) is 0.732. The average Bonchev–Trinajstić information content (AvgIpc) is 3.24. The number of benzene rings is 2. The van der Waals surface area contributed by atoms with Crippen LogP contribution in [0.1, 0.15) is 30.4 Å². The van der Waals surface area contributed by atoms with Gasteiger partial charge in [-0.3, -0.25) is 14.4 Å². The number of imide groups is 1. The lowest BCUT2D eigenvalue weighted by Gasteiger charge is -2.15. The van der Waals surface area contributed by atoms with Crippen LogP contribution in [0.5, 0.6) is 0 Å². The molecule has 0 fully saturated rings. The molecule has 1 aliphatic rings. The third-order valence-corrected chi connectivity index (χ3v) is 4.77. The van der Waals surface area contributed by atoms with Gasteiger partial charge in [0.05, 0.1) is 21.7 Å². The van der Waals surface area contributed by atoms with Crippen LogP contribution in [0, 0.1) is 0 Å². The van der Waals surface area contributed by atoms with Crippen molar-refractivity contribution < 1.29 is 14.4 Å². The maximum atomic E-state index is 12.5. The minimum atomic E-state index is -0.359. The number of nitrogens with zero attached hydrogens (tertiary/aromatic N) is 1. The fourth-order valence-corrected chi connectivity index (χ4v) is 3.37. The van der Waals surface area contributed by atoms with Crippen LogP contribution < -0.4 is 10.2 Å². The smallest absolute Gasteiger partial charge is 0.266 e. The summed E-state index contributed by atoms with van der Waals surface area (Å²) in [5, 5.41) is 4.60. The maximum absolute atomic E-state index is 12.5. The van der Waals surface area contributed by atoms with Crippen LogP contribution >= 0.6 is 11.3 Å². The molecule has 1 aliphatic heterocycles. The number of anilines is 2. The number of hydrogen-bond acceptors (Lipinski definition) is 4. The number of rotatable bonds is 3. The maximum Gasteiger partial charge on any atom is 0.266 e. The second-order valence-corrected chi connectivity index (χ2v) is 6.42. The number of thiophene rings is 1. The zero-order valence-corrected chi connectivity index (χ0v) is 13.7. The van der Waals surface area contributed by atoms with Gasteiger partial charge >= 0.3 is 0 Å². The molecule has 122 valence electrons. The van der Waals surface area contributed by atoms with E-state index in [1.165, 1.54) is 11.3 Å². The van der Waals surface area contributed by atoms with E-state index in [9.17, 15) is 14.4 Å². The summed E-state index contributed by atoms with van der Waals surface area (Å²) in [5.41, 5.74) is 1.73. The Labute approximate surface area is 147 Å². The first-order valence-corrected chi connectivity index (χ1v) is 8.46. The molecule has 2 heterocycles. The molecular formula is C19H12N2O3S. The molecule has 25 heavy (non-hydrogen) atoms. The van der Waals surface area contributed by atoms with Gasteiger partial charge in [-0.25, -0.2) is 4.90 Å². The topological polar surface area (TPSA) is 66.5 Å². The Morgan fingerprint density at radius 3 is 2.24 bits per heavy atom. The van der Waals surface area contributed by atoms with Crippen LogP contribution in [-0.2, 0) is 0 Å². The van der Waals surface area contributed by atoms with Crippen molar-refractivity contribution in [3.8, 4) is 0 Å². The highest BCUT2D eigenvalue weighted by Crippen LogP contribution is 2.29. The minimum Gasteiger partial charge on any atom is -0.321 e. The first-order chi connectivity index (χ1) is 12.1. The molecule has 6 heteroatoms. The van der Waals surface area contributed by atoms with Gasteiger partial charge in [0.15, 0.2) is 0 Å². The lowest BCUT2D eigenvalue weighted by Crippen LogP contribution is -2.29. The van der Waals surface area contributed by atoms with Gasteiger partial charge in [-0.2, -0.15) is 0 Å². The highest BCUT2D eigenvalue weighted by Gasteiger charge is 2.36. The Balaban J connectivity index is 1.63. The highest BCUT2D eigenvalue weighted by atomic mass is 32.1. The Morgan fingerprint density at radius 2 is 1.60 bits per heavy atom. The average molecular weight is 348 g/mol. The van der Waals surface area contributed by atoms with E-state index in [1.807, 2.05) is 5.38 Å². The molecule has 0 bridgehead atoms. The Bertz CT molecular complexity index is 960. The predicted octanol–water partition coefficient (Wildman–Crippen LogP) is 3.80. The van der Waals surface area contributed by atoms with Crippen LogP contribution in [0.2, 0.25) is 0 Å². The molecule has 0 spiro atoms. The van der Waals surface area contributed by atoms with Crippen LogP contribution in [0.25, 0.3) is 0 Å². The lowest BCUT2D eigenvalue weighted by atomic mass is 10.1. The van der Waals surface area contributed by atoms with Crippen molar-refractivity contribution in [3.63, 3.8) is 0 Å². The number of carbonyl (C=O) groups is 3. The number of carbonyl (C=O) groups excluding carboxylic acids is 3. The Morgan fingerprint density at radius 1 is 0.880 bits per heavy atom. The van der Waals surface area contributed by atoms with Crippen LogP contribution in [0.3, 0.4) is 0 Å². The molecule has 2 aromatic carbocycles. The molecule has 0 radical (unpaired) electrons. The summed E-state index contributed by atoms with van der Waals surface area (Å²) in [7, 11) is 0. The molecule has 5 nitrogen and oxygen atoms in total. The van der Waals surface area contributed by atoms with E-state index in [0.29, 0.717) is 27.4 Å². The summed E-state index contributed by atoms with van der Waals surface area (Å²) in [6.07, 6.45) is 0. The number of fused-ring (bicyclic) bond motifs is 1. The second-order valence-electron chi connectivity index (χ2n) is 5.47. The van der Waals surface area contributed by atoms with Crippen molar-refractivity contribution >= 4 is 40.4 Å². The fourth-order valence-electron chi connectivity index (χ4n) is 2.75. The zero-order chi connectivity index (χ0) is 17.4. The zero-order valence-electron chi connectivity index (χ0n) is 12.9. The Hall–Kier alpha value is -3.25. The first kappa shape index (κ1) is 15.3. The molecule has 3 amide bonds. The van der Waals surface area contributed by atoms with Gasteiger partial charge < -0.3 is 5.32 Å². The summed E-state index contributed by atoms with van der Waals surface area (Å²) in [6.45, 7) is 0. The van der Waals surface area contributed by atoms with Gasteiger partial charge in [0.2, 0.25) is 0 Å². The molecule has 1 N–H and O–H groups in total. The molecule has 3 aromatic rings. The van der Waals surface area contributed by atoms with Gasteiger partial charge in [0, 0.05) is 5.69 Å². The van der Waals surface area contributed by atoms with Crippen molar-refractivity contribution in [2.24, 2.45) is 0 Å². The van der Waals surface area contributed by atoms with Crippen molar-refractivity contribution in [2.45, 2.75) is 0 Å². The van der Waals surface area contributed by atoms with Gasteiger partial charge in [0.1, 0.15) is 0 Å². The number of hydrogen-bond donors (Lipinski definition) is 1. The van der Waals surface area contributed by atoms with Crippen LogP contribution in [-0.4, -0.2) is 17.7 Å². The van der Waals surface area contributed by atoms with Gasteiger partial charge in [-0.15, -0.1) is 11.3 Å². The van der Waals surface area contributed by atoms with Crippen molar-refractivity contribution in [1.82, 2.24) is 0 Å². The minimum absolute atomic E-state index is 0.227. The van der Waals surface area contributed by atoms with Crippen LogP contribution in [0.15, 0.2) is 66.0 Å². The van der Waals surface area contributed by atoms with Gasteiger partial charge in [-0.05, 0) is 41.8 Å². The normalized spacial score (nSPS) is 13.0. The summed E-state index contributed by atoms with van der Waals surface area (Å²) in [6, 6.07) is 17.0. The van der Waals surface area contributed by atoms with Gasteiger partial charge in [0.25, 0.3) is 17.7 Å². The molecule has 0 saturated heterocycles. The van der Waals surface area contributed by atoms with E-state index in [4.69, 9.17) is 0 Å². The highest BCUT2D eigenvalue weighted by molar-refractivity contribution is 7.12. The lowest BCUT2D eigenvalue weighted by molar-refractivity contribution is 0.0925. The molecule has 0 atom stereocenters. The monoisotopic (exact) mass is 348 g/mol. The molecular weight excluding hydrogens is 336 g/mol. The molecule has 1 aromatic heterocycles. The fraction of sp³-hybridized carbons (Fsp3) is 0. The van der Waals surface area contributed by atoms with Crippen molar-refractivity contribution in [1.29, 1.82) is 0 Å². The largest absolute Gasteiger partial charge is 0.321 e.